The Bertz CT molecular complexity index is 1450. The van der Waals surface area contributed by atoms with Crippen molar-refractivity contribution < 1.29 is 39.0 Å². The smallest absolute Gasteiger partial charge is 0.235 e. The number of aromatic nitrogens is 1. The molecule has 5 rings (SSSR count). The van der Waals surface area contributed by atoms with Crippen LogP contribution >= 0.6 is 0 Å². The van der Waals surface area contributed by atoms with E-state index in [1.807, 2.05) is 0 Å². The Kier molecular flexibility index (Phi) is 6.31. The summed E-state index contributed by atoms with van der Waals surface area (Å²) in [6.45, 7) is 0. The van der Waals surface area contributed by atoms with Crippen molar-refractivity contribution in [3.63, 3.8) is 0 Å². The largest absolute Gasteiger partial charge is 0.507 e. The molecular formula is C28H27N3O8. The number of likely N-dealkylation sites (N-methyl/N-ethyl adjacent to an activating group) is 1. The molecule has 202 valence electrons. The third kappa shape index (κ3) is 3.83. The second kappa shape index (κ2) is 9.28. The zero-order valence-corrected chi connectivity index (χ0v) is 21.3. The van der Waals surface area contributed by atoms with Crippen molar-refractivity contribution in [3.05, 3.63) is 58.9 Å². The van der Waals surface area contributed by atoms with Crippen LogP contribution in [0, 0.1) is 23.7 Å². The lowest BCUT2D eigenvalue weighted by Gasteiger charge is -2.52. The SMILES string of the molecule is CN(C)[C@H]1C(=O)C(C(N)=O)C(=O)[C@@]2(O)C(=O)C3C(=O)c4c(O)ccc(C(=O)Cc5ccccn5)c4C[C@@H]3C[C@H]12. The van der Waals surface area contributed by atoms with Gasteiger partial charge in [-0.25, -0.2) is 0 Å². The van der Waals surface area contributed by atoms with Crippen LogP contribution in [0.25, 0.3) is 0 Å². The van der Waals surface area contributed by atoms with Gasteiger partial charge in [0.25, 0.3) is 0 Å². The van der Waals surface area contributed by atoms with E-state index in [1.54, 1.807) is 24.4 Å². The molecule has 3 aliphatic rings. The van der Waals surface area contributed by atoms with E-state index >= 15 is 0 Å². The molecule has 2 fully saturated rings. The van der Waals surface area contributed by atoms with Gasteiger partial charge in [-0.05, 0) is 62.7 Å². The molecule has 2 unspecified atom stereocenters. The number of nitrogens with zero attached hydrogens (tertiary/aromatic N) is 2. The fourth-order valence-corrected chi connectivity index (χ4v) is 6.63. The number of carbonyl (C=O) groups excluding carboxylic acids is 6. The number of benzene rings is 1. The van der Waals surface area contributed by atoms with Gasteiger partial charge in [-0.1, -0.05) is 6.07 Å². The molecular weight excluding hydrogens is 506 g/mol. The Hall–Kier alpha value is -4.09. The summed E-state index contributed by atoms with van der Waals surface area (Å²) in [5, 5.41) is 22.2. The van der Waals surface area contributed by atoms with Crippen molar-refractivity contribution in [3.8, 4) is 5.75 Å². The van der Waals surface area contributed by atoms with E-state index in [9.17, 15) is 39.0 Å². The van der Waals surface area contributed by atoms with Crippen LogP contribution in [-0.4, -0.2) is 80.7 Å². The molecule has 39 heavy (non-hydrogen) atoms. The molecule has 1 heterocycles. The Morgan fingerprint density at radius 3 is 2.44 bits per heavy atom. The van der Waals surface area contributed by atoms with Crippen molar-refractivity contribution >= 4 is 34.8 Å². The molecule has 1 aromatic heterocycles. The first-order valence-corrected chi connectivity index (χ1v) is 12.5. The van der Waals surface area contributed by atoms with Gasteiger partial charge in [-0.3, -0.25) is 38.7 Å². The van der Waals surface area contributed by atoms with Gasteiger partial charge in [-0.2, -0.15) is 0 Å². The van der Waals surface area contributed by atoms with Crippen LogP contribution in [0.2, 0.25) is 0 Å². The number of carbonyl (C=O) groups is 6. The Morgan fingerprint density at radius 2 is 1.82 bits per heavy atom. The Labute approximate surface area is 223 Å². The normalized spacial score (nSPS) is 30.0. The third-order valence-electron chi connectivity index (χ3n) is 8.31. The Balaban J connectivity index is 1.59. The quantitative estimate of drug-likeness (QED) is 0.340. The van der Waals surface area contributed by atoms with Gasteiger partial charge in [0.1, 0.15) is 5.75 Å². The summed E-state index contributed by atoms with van der Waals surface area (Å²) in [5.41, 5.74) is 3.29. The zero-order valence-electron chi connectivity index (χ0n) is 21.3. The highest BCUT2D eigenvalue weighted by atomic mass is 16.3. The van der Waals surface area contributed by atoms with Crippen molar-refractivity contribution in [2.45, 2.75) is 30.9 Å². The minimum absolute atomic E-state index is 0.0174. The summed E-state index contributed by atoms with van der Waals surface area (Å²) < 4.78 is 0. The number of amides is 1. The lowest BCUT2D eigenvalue weighted by atomic mass is 9.52. The number of Topliss-reactive ketones (excluding diaryl/α,β-unsaturated/α-hetero) is 5. The molecule has 0 saturated heterocycles. The molecule has 6 atom stereocenters. The van der Waals surface area contributed by atoms with E-state index in [4.69, 9.17) is 5.73 Å². The second-order valence-corrected chi connectivity index (χ2v) is 10.7. The first-order valence-electron chi connectivity index (χ1n) is 12.5. The fraction of sp³-hybridized carbons (Fsp3) is 0.393. The summed E-state index contributed by atoms with van der Waals surface area (Å²) in [7, 11) is 3.03. The molecule has 1 aromatic carbocycles. The van der Waals surface area contributed by atoms with E-state index in [0.717, 1.165) is 0 Å². The fourth-order valence-electron chi connectivity index (χ4n) is 6.63. The van der Waals surface area contributed by atoms with Gasteiger partial charge in [0.05, 0.1) is 23.9 Å². The van der Waals surface area contributed by atoms with E-state index in [1.165, 1.54) is 31.1 Å². The first kappa shape index (κ1) is 26.5. The standard InChI is InChI=1S/C28H27N3O8/c1-31(2)22-16-10-12-9-15-14(18(33)11-13-5-3-4-8-30-13)6-7-17(32)20(15)23(34)19(12)25(36)28(16,39)26(37)21(24(22)35)27(29)38/h3-8,12,16,19,21-22,32,39H,9-11H2,1-2H3,(H2,29,38)/t12-,16-,19?,21?,22-,28+/m1/s1. The molecule has 0 aliphatic heterocycles. The van der Waals surface area contributed by atoms with Crippen molar-refractivity contribution in [1.82, 2.24) is 9.88 Å². The molecule has 2 saturated carbocycles. The maximum absolute atomic E-state index is 13.8. The summed E-state index contributed by atoms with van der Waals surface area (Å²) in [6.07, 6.45) is 1.42. The number of rotatable bonds is 5. The molecule has 1 amide bonds. The number of primary amides is 1. The monoisotopic (exact) mass is 533 g/mol. The van der Waals surface area contributed by atoms with Gasteiger partial charge >= 0.3 is 0 Å². The molecule has 2 aromatic rings. The number of aromatic hydroxyl groups is 1. The number of pyridine rings is 1. The van der Waals surface area contributed by atoms with Crippen molar-refractivity contribution in [2.24, 2.45) is 29.4 Å². The molecule has 0 bridgehead atoms. The maximum Gasteiger partial charge on any atom is 0.235 e. The van der Waals surface area contributed by atoms with Crippen molar-refractivity contribution in [2.75, 3.05) is 14.1 Å². The van der Waals surface area contributed by atoms with Crippen LogP contribution in [0.1, 0.15) is 38.4 Å². The number of phenolic OH excluding ortho intramolecular Hbond substituents is 1. The van der Waals surface area contributed by atoms with Crippen LogP contribution in [0.15, 0.2) is 36.5 Å². The summed E-state index contributed by atoms with van der Waals surface area (Å²) >= 11 is 0. The molecule has 4 N–H and O–H groups in total. The predicted molar refractivity (Wildman–Crippen MR) is 134 cm³/mol. The summed E-state index contributed by atoms with van der Waals surface area (Å²) in [6, 6.07) is 6.56. The highest BCUT2D eigenvalue weighted by molar-refractivity contribution is 6.32. The van der Waals surface area contributed by atoms with Gasteiger partial charge in [0.15, 0.2) is 40.4 Å². The predicted octanol–water partition coefficient (Wildman–Crippen LogP) is -0.313. The average Bonchev–Trinajstić information content (AvgIpc) is 2.86. The number of ketones is 5. The minimum atomic E-state index is -2.79. The molecule has 11 heteroatoms. The maximum atomic E-state index is 13.8. The van der Waals surface area contributed by atoms with E-state index in [0.29, 0.717) is 5.69 Å². The summed E-state index contributed by atoms with van der Waals surface area (Å²) in [5.74, 6) is -11.7. The first-order chi connectivity index (χ1) is 18.4. The minimum Gasteiger partial charge on any atom is -0.507 e. The number of phenols is 1. The van der Waals surface area contributed by atoms with E-state index in [-0.39, 0.29) is 41.7 Å². The second-order valence-electron chi connectivity index (χ2n) is 10.7. The highest BCUT2D eigenvalue weighted by Crippen LogP contribution is 2.51. The molecule has 11 nitrogen and oxygen atoms in total. The van der Waals surface area contributed by atoms with E-state index in [2.05, 4.69) is 4.98 Å². The summed E-state index contributed by atoms with van der Waals surface area (Å²) in [4.78, 5) is 84.9. The number of nitrogens with two attached hydrogens (primary N) is 1. The molecule has 0 spiro atoms. The van der Waals surface area contributed by atoms with Crippen LogP contribution in [0.5, 0.6) is 5.75 Å². The van der Waals surface area contributed by atoms with Crippen LogP contribution in [-0.2, 0) is 32.0 Å². The lowest BCUT2D eigenvalue weighted by molar-refractivity contribution is -0.181. The van der Waals surface area contributed by atoms with Gasteiger partial charge in [-0.15, -0.1) is 0 Å². The molecule has 3 aliphatic carbocycles. The average molecular weight is 534 g/mol. The van der Waals surface area contributed by atoms with Crippen LogP contribution < -0.4 is 5.73 Å². The topological polar surface area (TPSA) is 185 Å². The van der Waals surface area contributed by atoms with Gasteiger partial charge in [0, 0.05) is 23.4 Å². The number of hydrogen-bond acceptors (Lipinski definition) is 10. The molecule has 0 radical (unpaired) electrons. The highest BCUT2D eigenvalue weighted by Gasteiger charge is 2.69. The third-order valence-corrected chi connectivity index (χ3v) is 8.31. The van der Waals surface area contributed by atoms with Gasteiger partial charge < -0.3 is 15.9 Å². The van der Waals surface area contributed by atoms with E-state index < -0.39 is 70.1 Å². The van der Waals surface area contributed by atoms with Crippen LogP contribution in [0.3, 0.4) is 0 Å². The van der Waals surface area contributed by atoms with Gasteiger partial charge in [0.2, 0.25) is 5.91 Å². The number of fused-ring (bicyclic) bond motifs is 3. The zero-order chi connectivity index (χ0) is 28.4. The number of hydrogen-bond donors (Lipinski definition) is 3. The van der Waals surface area contributed by atoms with Crippen LogP contribution in [0.4, 0.5) is 0 Å². The number of aliphatic hydroxyl groups is 1. The van der Waals surface area contributed by atoms with Crippen molar-refractivity contribution in [1.29, 1.82) is 0 Å². The Morgan fingerprint density at radius 1 is 1.10 bits per heavy atom. The lowest BCUT2D eigenvalue weighted by Crippen LogP contribution is -2.74.